The first-order chi connectivity index (χ1) is 27.3. The molecule has 0 aromatic heterocycles. The molecule has 61 heavy (non-hydrogen) atoms. The molecule has 5 aromatic rings. The molecular weight excluding hydrogens is 886 g/mol. The van der Waals surface area contributed by atoms with E-state index < -0.39 is 68.0 Å². The van der Waals surface area contributed by atoms with Gasteiger partial charge in [0.2, 0.25) is 11.6 Å². The molecule has 19 nitrogen and oxygen atoms in total. The van der Waals surface area contributed by atoms with Crippen LogP contribution in [0.15, 0.2) is 126 Å². The summed E-state index contributed by atoms with van der Waals surface area (Å²) in [5.41, 5.74) is 16.4. The Balaban J connectivity index is 0.00000273. The number of Topliss-reactive ketones (excluding diaryl/α,β-unsaturated/α-hetero) is 2. The number of ketones is 2. The molecular formula is C36H23N8Na3O11S3. The van der Waals surface area contributed by atoms with E-state index in [2.05, 4.69) is 31.3 Å². The molecule has 0 unspecified atom stereocenters. The molecule has 0 bridgehead atoms. The number of nitrogens with two attached hydrogens (primary N) is 2. The molecule has 2 aliphatic carbocycles. The maximum atomic E-state index is 13.7. The zero-order valence-electron chi connectivity index (χ0n) is 32.0. The smallest absolute Gasteiger partial charge is 0.744 e. The van der Waals surface area contributed by atoms with Gasteiger partial charge in [-0.3, -0.25) is 20.4 Å². The van der Waals surface area contributed by atoms with Crippen LogP contribution >= 0.6 is 0 Å². The molecule has 2 aliphatic rings. The maximum absolute atomic E-state index is 13.7. The van der Waals surface area contributed by atoms with E-state index >= 15 is 0 Å². The van der Waals surface area contributed by atoms with Crippen LogP contribution in [0.25, 0.3) is 22.9 Å². The van der Waals surface area contributed by atoms with E-state index in [0.29, 0.717) is 11.1 Å². The van der Waals surface area contributed by atoms with Gasteiger partial charge in [0.1, 0.15) is 41.8 Å². The third kappa shape index (κ3) is 10.8. The normalized spacial score (nSPS) is 15.2. The molecule has 0 amide bonds. The standard InChI is InChI=1S/C36H26N8O11S3.3Na/c37-20-3-1-18-13-31(57(50,51)52)33(35(45)26(18)15-20)44-41-23-4-2-19-14-32(58(53,54)55)34(36(46)27(19)16-23)43-40-22-7-5-21(6-8-22)39-42-30-12-11-29(38)25-10-9-24(17-28(25)30)56(47,48)49;;;/h1-17,40-41H,37-38H2,(H,47,48,49)(H,50,51,52)(H,53,54,55);;;/q;3*+1/p-3/b42-39?,43-34+,44-33+;;;. The average Bonchev–Trinajstić information content (AvgIpc) is 3.16. The van der Waals surface area contributed by atoms with Gasteiger partial charge < -0.3 is 25.1 Å². The molecule has 7 rings (SSSR count). The van der Waals surface area contributed by atoms with E-state index in [-0.39, 0.29) is 145 Å². The summed E-state index contributed by atoms with van der Waals surface area (Å²) < 4.78 is 108. The molecule has 0 fully saturated rings. The number of carbonyl (C=O) groups excluding carboxylic acids is 2. The molecule has 294 valence electrons. The summed E-state index contributed by atoms with van der Waals surface area (Å²) in [7, 11) is -15.2. The van der Waals surface area contributed by atoms with Crippen molar-refractivity contribution in [3.63, 3.8) is 0 Å². The largest absolute Gasteiger partial charge is 1.00 e. The van der Waals surface area contributed by atoms with Crippen molar-refractivity contribution in [2.75, 3.05) is 22.3 Å². The van der Waals surface area contributed by atoms with E-state index in [4.69, 9.17) is 11.5 Å². The van der Waals surface area contributed by atoms with Crippen LogP contribution in [0.5, 0.6) is 0 Å². The number of allylic oxidation sites excluding steroid dienone is 2. The third-order valence-electron chi connectivity index (χ3n) is 8.65. The quantitative estimate of drug-likeness (QED) is 0.0356. The molecule has 0 saturated heterocycles. The van der Waals surface area contributed by atoms with Gasteiger partial charge in [0.05, 0.1) is 37.5 Å². The number of nitrogens with one attached hydrogen (secondary N) is 2. The van der Waals surface area contributed by atoms with E-state index in [1.54, 1.807) is 0 Å². The van der Waals surface area contributed by atoms with Crippen LogP contribution in [0.4, 0.5) is 34.1 Å². The Kier molecular flexibility index (Phi) is 15.6. The molecule has 0 radical (unpaired) electrons. The van der Waals surface area contributed by atoms with E-state index in [9.17, 15) is 48.5 Å². The number of anilines is 4. The van der Waals surface area contributed by atoms with E-state index in [0.717, 1.165) is 24.3 Å². The summed E-state index contributed by atoms with van der Waals surface area (Å²) in [5.74, 6) is -1.93. The van der Waals surface area contributed by atoms with E-state index in [1.165, 1.54) is 78.9 Å². The third-order valence-corrected chi connectivity index (χ3v) is 11.2. The number of hydrazone groups is 2. The fraction of sp³-hybridized carbons (Fsp3) is 0. The van der Waals surface area contributed by atoms with Crippen molar-refractivity contribution in [3.8, 4) is 0 Å². The number of carbonyl (C=O) groups is 2. The molecule has 0 spiro atoms. The molecule has 0 heterocycles. The number of fused-ring (bicyclic) bond motifs is 3. The first kappa shape index (κ1) is 49.7. The topological polar surface area (TPSA) is 331 Å². The van der Waals surface area contributed by atoms with Crippen LogP contribution in [-0.2, 0) is 30.4 Å². The van der Waals surface area contributed by atoms with Crippen LogP contribution in [0.1, 0.15) is 31.8 Å². The van der Waals surface area contributed by atoms with Gasteiger partial charge in [-0.2, -0.15) is 15.3 Å². The van der Waals surface area contributed by atoms with Gasteiger partial charge in [0.25, 0.3) is 0 Å². The van der Waals surface area contributed by atoms with Gasteiger partial charge in [0, 0.05) is 33.3 Å². The number of benzene rings is 5. The molecule has 0 atom stereocenters. The summed E-state index contributed by atoms with van der Waals surface area (Å²) in [6, 6.07) is 20.3. The number of hydrogen-bond donors (Lipinski definition) is 4. The molecule has 5 aromatic carbocycles. The monoisotopic (exact) mass is 908 g/mol. The van der Waals surface area contributed by atoms with Gasteiger partial charge in [-0.05, 0) is 96.1 Å². The molecule has 6 N–H and O–H groups in total. The van der Waals surface area contributed by atoms with Crippen molar-refractivity contribution in [2.24, 2.45) is 20.4 Å². The minimum Gasteiger partial charge on any atom is -0.744 e. The maximum Gasteiger partial charge on any atom is 1.00 e. The van der Waals surface area contributed by atoms with Gasteiger partial charge in [-0.15, -0.1) is 5.11 Å². The predicted molar refractivity (Wildman–Crippen MR) is 210 cm³/mol. The van der Waals surface area contributed by atoms with Gasteiger partial charge in [-0.25, -0.2) is 25.3 Å². The second-order valence-corrected chi connectivity index (χ2v) is 16.5. The summed E-state index contributed by atoms with van der Waals surface area (Å²) in [6.45, 7) is 0. The molecule has 0 saturated carbocycles. The Bertz CT molecular complexity index is 3160. The molecule has 0 aliphatic heterocycles. The summed E-state index contributed by atoms with van der Waals surface area (Å²) in [6.07, 6.45) is 1.91. The predicted octanol–water partition coefficient (Wildman–Crippen LogP) is -4.56. The minimum atomic E-state index is -5.26. The number of azo groups is 1. The number of rotatable bonds is 9. The first-order valence-electron chi connectivity index (χ1n) is 16.2. The van der Waals surface area contributed by atoms with Crippen LogP contribution in [0, 0.1) is 0 Å². The molecule has 25 heteroatoms. The van der Waals surface area contributed by atoms with Crippen molar-refractivity contribution >= 4 is 110 Å². The van der Waals surface area contributed by atoms with Gasteiger partial charge in [0.15, 0.2) is 0 Å². The number of nitrogens with zero attached hydrogens (tertiary/aromatic N) is 4. The second kappa shape index (κ2) is 19.2. The van der Waals surface area contributed by atoms with Crippen molar-refractivity contribution in [3.05, 3.63) is 123 Å². The number of hydrogen-bond acceptors (Lipinski definition) is 19. The summed E-state index contributed by atoms with van der Waals surface area (Å²) in [5, 5.41) is 16.8. The summed E-state index contributed by atoms with van der Waals surface area (Å²) >= 11 is 0. The summed E-state index contributed by atoms with van der Waals surface area (Å²) in [4.78, 5) is 24.5. The average molecular weight is 909 g/mol. The van der Waals surface area contributed by atoms with Crippen molar-refractivity contribution < 1.29 is 137 Å². The van der Waals surface area contributed by atoms with Crippen molar-refractivity contribution in [1.29, 1.82) is 0 Å². The van der Waals surface area contributed by atoms with Crippen LogP contribution < -0.4 is 111 Å². The van der Waals surface area contributed by atoms with Crippen molar-refractivity contribution in [2.45, 2.75) is 4.90 Å². The Morgan fingerprint density at radius 2 is 1.05 bits per heavy atom. The van der Waals surface area contributed by atoms with Crippen LogP contribution in [0.3, 0.4) is 0 Å². The zero-order valence-corrected chi connectivity index (χ0v) is 40.4. The second-order valence-electron chi connectivity index (χ2n) is 12.5. The van der Waals surface area contributed by atoms with Crippen molar-refractivity contribution in [1.82, 2.24) is 0 Å². The van der Waals surface area contributed by atoms with Gasteiger partial charge in [-0.1, -0.05) is 18.2 Å². The minimum absolute atomic E-state index is 0. The Morgan fingerprint density at radius 1 is 0.525 bits per heavy atom. The first-order valence-corrected chi connectivity index (χ1v) is 20.5. The van der Waals surface area contributed by atoms with Gasteiger partial charge >= 0.3 is 88.7 Å². The zero-order chi connectivity index (χ0) is 41.7. The Morgan fingerprint density at radius 3 is 1.61 bits per heavy atom. The Labute approximate surface area is 413 Å². The fourth-order valence-electron chi connectivity index (χ4n) is 5.87. The Hall–Kier alpha value is -3.95. The number of nitrogen functional groups attached to an aromatic ring is 2. The fourth-order valence-corrected chi connectivity index (χ4v) is 7.66. The van der Waals surface area contributed by atoms with E-state index in [1.807, 2.05) is 0 Å². The van der Waals surface area contributed by atoms with Crippen LogP contribution in [-0.4, -0.2) is 61.9 Å². The SMILES string of the molecule is Nc1ccc2c(c1)C(=O)/C(=N/Nc1ccc3c(c1)C(=O)/C(=N/Nc1ccc(N=Nc4ccc(N)c5ccc(S(=O)(=O)[O-])cc45)cc1)C(S(=O)(=O)[O-])=C3)C(S(=O)(=O)[O-])=C2.[Na+].[Na+].[Na+]. The van der Waals surface area contributed by atoms with Crippen LogP contribution in [0.2, 0.25) is 0 Å².